The number of amides is 2. The fourth-order valence-corrected chi connectivity index (χ4v) is 6.66. The average molecular weight is 664 g/mol. The number of halogens is 2. The van der Waals surface area contributed by atoms with Crippen molar-refractivity contribution in [3.8, 4) is 0 Å². The summed E-state index contributed by atoms with van der Waals surface area (Å²) in [6, 6.07) is 25.1. The Morgan fingerprint density at radius 1 is 0.891 bits per heavy atom. The Hall–Kier alpha value is -4.21. The fraction of sp³-hybridized carbons (Fsp3) is 0.278. The molecule has 1 N–H and O–H groups in total. The molecule has 0 unspecified atom stereocenters. The van der Waals surface area contributed by atoms with E-state index < -0.39 is 40.2 Å². The molecule has 0 aliphatic carbocycles. The second-order valence-electron chi connectivity index (χ2n) is 11.3. The number of nitrogens with zero attached hydrogens (tertiary/aromatic N) is 2. The lowest BCUT2D eigenvalue weighted by molar-refractivity contribution is -0.140. The van der Waals surface area contributed by atoms with E-state index >= 15 is 4.39 Å². The summed E-state index contributed by atoms with van der Waals surface area (Å²) in [6.45, 7) is 6.39. The van der Waals surface area contributed by atoms with E-state index in [1.54, 1.807) is 55.5 Å². The third kappa shape index (κ3) is 8.33. The summed E-state index contributed by atoms with van der Waals surface area (Å²) in [5.41, 5.74) is 2.53. The van der Waals surface area contributed by atoms with Crippen molar-refractivity contribution < 1.29 is 22.4 Å². The highest BCUT2D eigenvalue weighted by atomic mass is 35.5. The highest BCUT2D eigenvalue weighted by Crippen LogP contribution is 2.31. The van der Waals surface area contributed by atoms with Gasteiger partial charge >= 0.3 is 0 Å². The molecule has 0 saturated heterocycles. The number of carbonyl (C=O) groups excluding carboxylic acids is 2. The third-order valence-electron chi connectivity index (χ3n) is 7.97. The first-order valence-corrected chi connectivity index (χ1v) is 17.0. The lowest BCUT2D eigenvalue weighted by Crippen LogP contribution is -2.54. The molecule has 0 spiro atoms. The minimum absolute atomic E-state index is 0.0127. The molecule has 0 saturated carbocycles. The maximum Gasteiger partial charge on any atom is 0.264 e. The quantitative estimate of drug-likeness (QED) is 0.170. The number of hydrogen-bond donors (Lipinski definition) is 1. The van der Waals surface area contributed by atoms with Gasteiger partial charge < -0.3 is 10.2 Å². The third-order valence-corrected chi connectivity index (χ3v) is 10.1. The Labute approximate surface area is 276 Å². The molecular weight excluding hydrogens is 625 g/mol. The van der Waals surface area contributed by atoms with Crippen molar-refractivity contribution >= 4 is 39.1 Å². The van der Waals surface area contributed by atoms with Crippen molar-refractivity contribution in [1.82, 2.24) is 10.2 Å². The Balaban J connectivity index is 1.85. The molecule has 7 nitrogen and oxygen atoms in total. The highest BCUT2D eigenvalue weighted by molar-refractivity contribution is 7.92. The van der Waals surface area contributed by atoms with Crippen LogP contribution in [-0.2, 0) is 32.6 Å². The Kier molecular flexibility index (Phi) is 11.6. The van der Waals surface area contributed by atoms with Crippen LogP contribution in [-0.4, -0.2) is 43.8 Å². The highest BCUT2D eigenvalue weighted by Gasteiger charge is 2.35. The topological polar surface area (TPSA) is 86.8 Å². The van der Waals surface area contributed by atoms with E-state index in [0.717, 1.165) is 15.4 Å². The van der Waals surface area contributed by atoms with Gasteiger partial charge in [0, 0.05) is 29.6 Å². The molecule has 0 bridgehead atoms. The van der Waals surface area contributed by atoms with E-state index in [1.165, 1.54) is 23.1 Å². The fourth-order valence-electron chi connectivity index (χ4n) is 5.02. The molecule has 0 fully saturated rings. The summed E-state index contributed by atoms with van der Waals surface area (Å²) in [6.07, 6.45) is 0.784. The summed E-state index contributed by atoms with van der Waals surface area (Å²) in [5.74, 6) is -1.65. The molecule has 242 valence electrons. The van der Waals surface area contributed by atoms with Crippen LogP contribution >= 0.6 is 11.6 Å². The summed E-state index contributed by atoms with van der Waals surface area (Å²) >= 11 is 6.43. The number of anilines is 1. The average Bonchev–Trinajstić information content (AvgIpc) is 3.04. The van der Waals surface area contributed by atoms with E-state index in [-0.39, 0.29) is 35.2 Å². The zero-order valence-electron chi connectivity index (χ0n) is 26.4. The van der Waals surface area contributed by atoms with Crippen LogP contribution in [0.4, 0.5) is 10.1 Å². The number of benzene rings is 4. The Morgan fingerprint density at radius 3 is 2.20 bits per heavy atom. The number of nitrogens with one attached hydrogen (secondary N) is 1. The smallest absolute Gasteiger partial charge is 0.264 e. The maximum absolute atomic E-state index is 15.1. The van der Waals surface area contributed by atoms with E-state index in [4.69, 9.17) is 11.6 Å². The van der Waals surface area contributed by atoms with Crippen molar-refractivity contribution in [3.05, 3.63) is 130 Å². The molecule has 0 aromatic heterocycles. The minimum Gasteiger partial charge on any atom is -0.352 e. The number of sulfonamides is 1. The van der Waals surface area contributed by atoms with Crippen LogP contribution in [0, 0.1) is 19.7 Å². The van der Waals surface area contributed by atoms with Gasteiger partial charge in [-0.1, -0.05) is 90.8 Å². The van der Waals surface area contributed by atoms with Gasteiger partial charge in [-0.25, -0.2) is 12.8 Å². The van der Waals surface area contributed by atoms with Gasteiger partial charge in [0.1, 0.15) is 18.4 Å². The van der Waals surface area contributed by atoms with Crippen LogP contribution in [0.1, 0.15) is 42.5 Å². The van der Waals surface area contributed by atoms with E-state index in [0.29, 0.717) is 17.0 Å². The number of rotatable bonds is 13. The van der Waals surface area contributed by atoms with Gasteiger partial charge in [0.15, 0.2) is 0 Å². The van der Waals surface area contributed by atoms with Gasteiger partial charge in [-0.2, -0.15) is 0 Å². The predicted octanol–water partition coefficient (Wildman–Crippen LogP) is 6.85. The van der Waals surface area contributed by atoms with Gasteiger partial charge in [0.25, 0.3) is 10.0 Å². The number of aryl methyl sites for hydroxylation is 1. The lowest BCUT2D eigenvalue weighted by atomic mass is 10.0. The summed E-state index contributed by atoms with van der Waals surface area (Å²) in [7, 11) is -4.29. The second kappa shape index (κ2) is 15.4. The molecule has 0 heterocycles. The largest absolute Gasteiger partial charge is 0.352 e. The number of carbonyl (C=O) groups is 2. The van der Waals surface area contributed by atoms with Crippen LogP contribution in [0.3, 0.4) is 0 Å². The zero-order valence-corrected chi connectivity index (χ0v) is 28.0. The molecule has 2 amide bonds. The number of hydrogen-bond acceptors (Lipinski definition) is 4. The van der Waals surface area contributed by atoms with Gasteiger partial charge in [0.2, 0.25) is 11.8 Å². The Bertz CT molecular complexity index is 1770. The van der Waals surface area contributed by atoms with Crippen LogP contribution in [0.15, 0.2) is 102 Å². The molecule has 4 aromatic rings. The first-order valence-electron chi connectivity index (χ1n) is 15.1. The van der Waals surface area contributed by atoms with Crippen molar-refractivity contribution in [3.63, 3.8) is 0 Å². The molecule has 0 radical (unpaired) electrons. The van der Waals surface area contributed by atoms with E-state index in [2.05, 4.69) is 5.32 Å². The van der Waals surface area contributed by atoms with Crippen LogP contribution in [0.5, 0.6) is 0 Å². The standard InChI is InChI=1S/C36H39ClFN3O4S/c1-5-26(3)39-36(43)34(22-28-12-7-6-8-13-28)40(23-29-14-9-10-16-32(29)38)35(42)24-41(33-17-11-15-31(37)27(33)4)46(44,45)30-20-18-25(2)19-21-30/h6-21,26,34H,5,22-24H2,1-4H3,(H,39,43)/t26-,34-/m0/s1. The van der Waals surface area contributed by atoms with Crippen molar-refractivity contribution in [2.75, 3.05) is 10.8 Å². The van der Waals surface area contributed by atoms with Crippen LogP contribution < -0.4 is 9.62 Å². The Morgan fingerprint density at radius 2 is 1.54 bits per heavy atom. The molecule has 0 aliphatic heterocycles. The lowest BCUT2D eigenvalue weighted by Gasteiger charge is -2.34. The van der Waals surface area contributed by atoms with E-state index in [1.807, 2.05) is 51.1 Å². The van der Waals surface area contributed by atoms with Crippen molar-refractivity contribution in [2.45, 2.75) is 64.1 Å². The molecule has 0 aliphatic rings. The van der Waals surface area contributed by atoms with E-state index in [9.17, 15) is 18.0 Å². The minimum atomic E-state index is -4.29. The summed E-state index contributed by atoms with van der Waals surface area (Å²) in [5, 5.41) is 3.30. The normalized spacial score (nSPS) is 12.7. The van der Waals surface area contributed by atoms with Crippen LogP contribution in [0.2, 0.25) is 5.02 Å². The molecular formula is C36H39ClFN3O4S. The SMILES string of the molecule is CC[C@H](C)NC(=O)[C@H](Cc1ccccc1)N(Cc1ccccc1F)C(=O)CN(c1cccc(Cl)c1C)S(=O)(=O)c1ccc(C)cc1. The molecule has 46 heavy (non-hydrogen) atoms. The predicted molar refractivity (Wildman–Crippen MR) is 181 cm³/mol. The van der Waals surface area contributed by atoms with Crippen LogP contribution in [0.25, 0.3) is 0 Å². The summed E-state index contributed by atoms with van der Waals surface area (Å²) in [4.78, 5) is 29.7. The van der Waals surface area contributed by atoms with Gasteiger partial charge in [-0.3, -0.25) is 13.9 Å². The van der Waals surface area contributed by atoms with Gasteiger partial charge in [0.05, 0.1) is 10.6 Å². The van der Waals surface area contributed by atoms with Gasteiger partial charge in [-0.15, -0.1) is 0 Å². The molecule has 10 heteroatoms. The molecule has 4 aromatic carbocycles. The first kappa shape index (κ1) is 34.7. The second-order valence-corrected chi connectivity index (χ2v) is 13.6. The van der Waals surface area contributed by atoms with Gasteiger partial charge in [-0.05, 0) is 68.7 Å². The zero-order chi connectivity index (χ0) is 33.4. The summed E-state index contributed by atoms with van der Waals surface area (Å²) < 4.78 is 44.6. The molecule has 2 atom stereocenters. The first-order chi connectivity index (χ1) is 21.9. The molecule has 4 rings (SSSR count). The van der Waals surface area contributed by atoms with Crippen molar-refractivity contribution in [1.29, 1.82) is 0 Å². The monoisotopic (exact) mass is 663 g/mol. The maximum atomic E-state index is 15.1. The van der Waals surface area contributed by atoms with Crippen molar-refractivity contribution in [2.24, 2.45) is 0 Å².